The number of benzene rings is 3. The molecule has 1 atom stereocenters. The monoisotopic (exact) mass is 537 g/mol. The number of hydrogen-bond donors (Lipinski definition) is 3. The first-order chi connectivity index (χ1) is 18.7. The van der Waals surface area contributed by atoms with Crippen LogP contribution in [-0.2, 0) is 12.1 Å². The van der Waals surface area contributed by atoms with Crippen LogP contribution in [0.3, 0.4) is 0 Å². The highest BCUT2D eigenvalue weighted by Gasteiger charge is 2.57. The number of alkyl halides is 3. The molecule has 0 bridgehead atoms. The van der Waals surface area contributed by atoms with E-state index >= 15 is 0 Å². The van der Waals surface area contributed by atoms with E-state index < -0.39 is 23.2 Å². The molecule has 0 saturated carbocycles. The number of hydrogen-bond acceptors (Lipinski definition) is 3. The first-order valence-electron chi connectivity index (χ1n) is 12.7. The second-order valence-electron chi connectivity index (χ2n) is 9.77. The smallest absolute Gasteiger partial charge is 0.372 e. The van der Waals surface area contributed by atoms with Crippen molar-refractivity contribution in [1.29, 1.82) is 5.41 Å². The van der Waals surface area contributed by atoms with Gasteiger partial charge in [0, 0.05) is 66.9 Å². The molecule has 0 aliphatic carbocycles. The van der Waals surface area contributed by atoms with Gasteiger partial charge in [-0.05, 0) is 54.8 Å². The first kappa shape index (κ1) is 26.6. The molecule has 0 radical (unpaired) electrons. The molecule has 1 unspecified atom stereocenters. The lowest BCUT2D eigenvalue weighted by Crippen LogP contribution is -2.71. The van der Waals surface area contributed by atoms with Crippen LogP contribution in [0.4, 0.5) is 34.6 Å². The molecular formula is C30H29F4N4O+. The van der Waals surface area contributed by atoms with Crippen molar-refractivity contribution in [1.82, 2.24) is 4.57 Å². The maximum absolute atomic E-state index is 14.9. The normalized spacial score (nSPS) is 15.5. The second-order valence-corrected chi connectivity index (χ2v) is 9.77. The largest absolute Gasteiger partial charge is 0.425 e. The van der Waals surface area contributed by atoms with Crippen molar-refractivity contribution in [3.63, 3.8) is 0 Å². The summed E-state index contributed by atoms with van der Waals surface area (Å²) in [4.78, 5) is 2.20. The third-order valence-electron chi connectivity index (χ3n) is 7.32. The molecule has 2 heterocycles. The fourth-order valence-corrected chi connectivity index (χ4v) is 5.30. The molecule has 9 heteroatoms. The minimum absolute atomic E-state index is 0.186. The highest BCUT2D eigenvalue weighted by molar-refractivity contribution is 5.89. The van der Waals surface area contributed by atoms with E-state index in [1.165, 1.54) is 48.7 Å². The van der Waals surface area contributed by atoms with E-state index in [1.54, 1.807) is 28.1 Å². The molecule has 0 amide bonds. The Morgan fingerprint density at radius 2 is 1.72 bits per heavy atom. The Hall–Kier alpha value is -3.95. The van der Waals surface area contributed by atoms with Gasteiger partial charge in [-0.15, -0.1) is 6.58 Å². The third-order valence-corrected chi connectivity index (χ3v) is 7.32. The van der Waals surface area contributed by atoms with Crippen LogP contribution in [-0.4, -0.2) is 35.2 Å². The van der Waals surface area contributed by atoms with Gasteiger partial charge < -0.3 is 20.0 Å². The number of aromatic nitrogens is 1. The Bertz CT molecular complexity index is 1520. The Labute approximate surface area is 223 Å². The van der Waals surface area contributed by atoms with E-state index in [2.05, 4.69) is 11.5 Å². The molecule has 1 fully saturated rings. The number of fused-ring (bicyclic) bond motifs is 1. The van der Waals surface area contributed by atoms with Crippen molar-refractivity contribution in [2.75, 3.05) is 18.0 Å². The zero-order valence-electron chi connectivity index (χ0n) is 21.2. The van der Waals surface area contributed by atoms with Gasteiger partial charge in [0.15, 0.2) is 0 Å². The molecule has 4 aromatic rings. The number of nitrogens with zero attached hydrogens (tertiary/aromatic N) is 2. The number of nitrogens with one attached hydrogen (secondary N) is 1. The first-order valence-corrected chi connectivity index (χ1v) is 12.7. The molecule has 0 spiro atoms. The molecule has 5 rings (SSSR count). The molecule has 39 heavy (non-hydrogen) atoms. The van der Waals surface area contributed by atoms with E-state index in [-0.39, 0.29) is 23.1 Å². The van der Waals surface area contributed by atoms with Gasteiger partial charge in [0.1, 0.15) is 17.2 Å². The minimum atomic E-state index is -5.06. The topological polar surface area (TPSA) is 68.9 Å². The number of rotatable bonds is 8. The molecule has 1 saturated heterocycles. The van der Waals surface area contributed by atoms with E-state index in [4.69, 9.17) is 5.41 Å². The molecule has 3 aromatic carbocycles. The standard InChI is InChI=1S/C30H28F4N4O/c1-2-13-38-19-26(25-11-10-24(17-28(25)38)37-14-3-4-15-37)29(39,30(32,33)34)21-5-12-27(20(16-21)18-35)36-23-8-6-22(31)7-9-23/h2,5-12,16-19,35-36,39H,1,3-4,13-15H2/p+1. The predicted octanol–water partition coefficient (Wildman–Crippen LogP) is 5.89. The number of allylic oxidation sites excluding steroid dienone is 1. The predicted molar refractivity (Wildman–Crippen MR) is 145 cm³/mol. The number of nitrogens with two attached hydrogens (primary N) is 1. The average molecular weight is 538 g/mol. The van der Waals surface area contributed by atoms with Crippen LogP contribution in [0.15, 0.2) is 79.5 Å². The van der Waals surface area contributed by atoms with E-state index in [1.807, 2.05) is 6.07 Å². The van der Waals surface area contributed by atoms with E-state index in [0.717, 1.165) is 37.8 Å². The molecule has 5 nitrogen and oxygen atoms in total. The van der Waals surface area contributed by atoms with Gasteiger partial charge >= 0.3 is 6.18 Å². The van der Waals surface area contributed by atoms with Gasteiger partial charge in [-0.3, -0.25) is 5.32 Å². The van der Waals surface area contributed by atoms with Gasteiger partial charge in [-0.25, -0.2) is 4.39 Å². The van der Waals surface area contributed by atoms with Crippen molar-refractivity contribution in [2.45, 2.75) is 31.2 Å². The molecule has 1 aliphatic heterocycles. The van der Waals surface area contributed by atoms with Crippen LogP contribution in [0, 0.1) is 11.2 Å². The van der Waals surface area contributed by atoms with Crippen LogP contribution in [0.1, 0.15) is 29.5 Å². The summed E-state index contributed by atoms with van der Waals surface area (Å²) in [5.41, 5.74) is -1.24. The second kappa shape index (κ2) is 10.3. The zero-order chi connectivity index (χ0) is 27.8. The Kier molecular flexibility index (Phi) is 7.05. The lowest BCUT2D eigenvalue weighted by Gasteiger charge is -2.31. The molecule has 202 valence electrons. The fraction of sp³-hybridized carbons (Fsp3) is 0.233. The van der Waals surface area contributed by atoms with Crippen molar-refractivity contribution in [3.05, 3.63) is 102 Å². The summed E-state index contributed by atoms with van der Waals surface area (Å²) in [6.45, 7) is 5.80. The van der Waals surface area contributed by atoms with Crippen LogP contribution < -0.4 is 10.2 Å². The van der Waals surface area contributed by atoms with Crippen LogP contribution >= 0.6 is 0 Å². The summed E-state index contributed by atoms with van der Waals surface area (Å²) in [7, 11) is 0. The van der Waals surface area contributed by atoms with E-state index in [9.17, 15) is 22.7 Å². The third kappa shape index (κ3) is 4.84. The zero-order valence-corrected chi connectivity index (χ0v) is 21.2. The van der Waals surface area contributed by atoms with Crippen LogP contribution in [0.2, 0.25) is 0 Å². The average Bonchev–Trinajstić information content (AvgIpc) is 3.58. The number of anilines is 1. The lowest BCUT2D eigenvalue weighted by atomic mass is 9.84. The highest BCUT2D eigenvalue weighted by atomic mass is 19.4. The van der Waals surface area contributed by atoms with Crippen molar-refractivity contribution < 1.29 is 28.0 Å². The number of aliphatic hydroxyl groups is 1. The molecule has 1 aliphatic rings. The fourth-order valence-electron chi connectivity index (χ4n) is 5.30. The molecule has 4 N–H and O–H groups in total. The summed E-state index contributed by atoms with van der Waals surface area (Å²) < 4.78 is 59.5. The molecule has 1 aromatic heterocycles. The van der Waals surface area contributed by atoms with Gasteiger partial charge in [-0.2, -0.15) is 13.2 Å². The number of halogens is 4. The van der Waals surface area contributed by atoms with Gasteiger partial charge in [-0.1, -0.05) is 12.1 Å². The summed E-state index contributed by atoms with van der Waals surface area (Å²) in [6.07, 6.45) is 0.958. The van der Waals surface area contributed by atoms with Crippen LogP contribution in [0.25, 0.3) is 10.9 Å². The maximum atomic E-state index is 14.9. The molecular weight excluding hydrogens is 508 g/mol. The summed E-state index contributed by atoms with van der Waals surface area (Å²) in [6, 6.07) is 14.8. The lowest BCUT2D eigenvalue weighted by molar-refractivity contribution is -0.478. The Morgan fingerprint density at radius 3 is 2.36 bits per heavy atom. The number of quaternary nitrogens is 1. The quantitative estimate of drug-likeness (QED) is 0.114. The SMILES string of the molecule is C=CCn1cc(C(O)(c2ccc([NH2+]c3ccc(F)cc3)c(C=N)c2)C(F)(F)F)c2ccc(N3CCCC3)cc21. The highest BCUT2D eigenvalue weighted by Crippen LogP contribution is 2.48. The van der Waals surface area contributed by atoms with Gasteiger partial charge in [0.05, 0.1) is 11.1 Å². The maximum Gasteiger partial charge on any atom is 0.425 e. The Balaban J connectivity index is 1.64. The summed E-state index contributed by atoms with van der Waals surface area (Å²) >= 11 is 0. The van der Waals surface area contributed by atoms with Crippen molar-refractivity contribution >= 4 is 34.2 Å². The Morgan fingerprint density at radius 1 is 1.00 bits per heavy atom. The van der Waals surface area contributed by atoms with Gasteiger partial charge in [0.25, 0.3) is 0 Å². The summed E-state index contributed by atoms with van der Waals surface area (Å²) in [5.74, 6) is -0.409. The van der Waals surface area contributed by atoms with Crippen molar-refractivity contribution in [2.24, 2.45) is 0 Å². The summed E-state index contributed by atoms with van der Waals surface area (Å²) in [5, 5.41) is 21.4. The van der Waals surface area contributed by atoms with Crippen LogP contribution in [0.5, 0.6) is 0 Å². The minimum Gasteiger partial charge on any atom is -0.372 e. The van der Waals surface area contributed by atoms with Gasteiger partial charge in [0.2, 0.25) is 5.60 Å². The van der Waals surface area contributed by atoms with E-state index in [0.29, 0.717) is 16.9 Å². The van der Waals surface area contributed by atoms with Crippen molar-refractivity contribution in [3.8, 4) is 0 Å².